The molecule has 2 amide bonds. The highest BCUT2D eigenvalue weighted by molar-refractivity contribution is 8.26. The van der Waals surface area contributed by atoms with Gasteiger partial charge < -0.3 is 32.3 Å². The van der Waals surface area contributed by atoms with Crippen molar-refractivity contribution in [3.8, 4) is 0 Å². The quantitative estimate of drug-likeness (QED) is 0.0594. The lowest BCUT2D eigenvalue weighted by molar-refractivity contribution is -0.137. The Morgan fingerprint density at radius 2 is 1.29 bits per heavy atom. The molecule has 2 aromatic rings. The largest absolute Gasteiger partial charge is 0.481 e. The second-order valence-electron chi connectivity index (χ2n) is 9.45. The minimum atomic E-state index is -0.961. The molecule has 0 heterocycles. The van der Waals surface area contributed by atoms with Gasteiger partial charge in [-0.2, -0.15) is 0 Å². The Balaban J connectivity index is 1.61. The summed E-state index contributed by atoms with van der Waals surface area (Å²) >= 11 is 2.06. The minimum Gasteiger partial charge on any atom is -0.481 e. The number of carboxylic acids is 2. The molecule has 0 aliphatic carbocycles. The van der Waals surface area contributed by atoms with Crippen molar-refractivity contribution in [1.82, 2.24) is 10.6 Å². The first-order chi connectivity index (χ1) is 19.9. The number of rotatable bonds is 16. The lowest BCUT2D eigenvalue weighted by Crippen LogP contribution is -2.42. The number of carbonyl (C=O) groups is 4. The Hall–Kier alpha value is -3.72. The van der Waals surface area contributed by atoms with E-state index in [1.54, 1.807) is 48.5 Å². The van der Waals surface area contributed by atoms with E-state index in [4.69, 9.17) is 32.5 Å². The van der Waals surface area contributed by atoms with E-state index in [1.807, 2.05) is 0 Å². The fraction of sp³-hybridized carbons (Fsp3) is 0.357. The second kappa shape index (κ2) is 18.0. The normalized spacial score (nSPS) is 12.1. The van der Waals surface area contributed by atoms with Crippen molar-refractivity contribution in [3.63, 3.8) is 0 Å². The fourth-order valence-corrected chi connectivity index (χ4v) is 5.46. The number of hydrogen-bond acceptors (Lipinski definition) is 10. The molecule has 2 aromatic carbocycles. The van der Waals surface area contributed by atoms with Crippen LogP contribution < -0.4 is 22.1 Å². The third-order valence-corrected chi connectivity index (χ3v) is 7.42. The summed E-state index contributed by atoms with van der Waals surface area (Å²) in [6.07, 6.45) is 2.13. The van der Waals surface area contributed by atoms with Crippen molar-refractivity contribution in [3.05, 3.63) is 70.8 Å². The first-order valence-electron chi connectivity index (χ1n) is 13.1. The molecule has 0 radical (unpaired) electrons. The molecule has 0 fully saturated rings. The molecule has 2 unspecified atom stereocenters. The number of nitrogens with one attached hydrogen (secondary N) is 4. The van der Waals surface area contributed by atoms with E-state index in [9.17, 15) is 19.2 Å². The maximum atomic E-state index is 12.3. The highest BCUT2D eigenvalue weighted by Gasteiger charge is 2.15. The van der Waals surface area contributed by atoms with Crippen LogP contribution in [0.15, 0.2) is 48.5 Å². The molecule has 42 heavy (non-hydrogen) atoms. The zero-order chi connectivity index (χ0) is 31.1. The molecular formula is C28H36N6O6S2. The molecule has 0 saturated carbocycles. The average Bonchev–Trinajstić information content (AvgIpc) is 2.85. The SMILES string of the molecule is N=C(CCCCC(N)SC(N)NC(=O)Cc1cccc(CC(=O)O)c1)SC(=N)NC(=O)Cc1cccc(CC(=O)O)c1. The Morgan fingerprint density at radius 1 is 0.786 bits per heavy atom. The number of hydrogen-bond donors (Lipinski definition) is 8. The highest BCUT2D eigenvalue weighted by atomic mass is 32.2. The van der Waals surface area contributed by atoms with Crippen LogP contribution in [0.1, 0.15) is 47.9 Å². The average molecular weight is 617 g/mol. The number of amidine groups is 1. The Morgan fingerprint density at radius 3 is 1.81 bits per heavy atom. The molecule has 10 N–H and O–H groups in total. The van der Waals surface area contributed by atoms with Crippen molar-refractivity contribution in [2.75, 3.05) is 0 Å². The van der Waals surface area contributed by atoms with E-state index in [-0.39, 0.29) is 47.2 Å². The van der Waals surface area contributed by atoms with Gasteiger partial charge in [-0.3, -0.25) is 30.0 Å². The van der Waals surface area contributed by atoms with E-state index in [1.165, 1.54) is 11.8 Å². The van der Waals surface area contributed by atoms with Crippen LogP contribution in [-0.2, 0) is 44.9 Å². The Labute approximate surface area is 252 Å². The molecule has 0 aliphatic rings. The number of carboxylic acid groups (broad SMARTS) is 2. The number of amides is 2. The number of carbonyl (C=O) groups excluding carboxylic acids is 2. The molecule has 0 bridgehead atoms. The smallest absolute Gasteiger partial charge is 0.307 e. The van der Waals surface area contributed by atoms with Crippen LogP contribution in [0.3, 0.4) is 0 Å². The first kappa shape index (κ1) is 34.5. The highest BCUT2D eigenvalue weighted by Crippen LogP contribution is 2.17. The molecule has 226 valence electrons. The number of thioether (sulfide) groups is 2. The van der Waals surface area contributed by atoms with Crippen molar-refractivity contribution in [1.29, 1.82) is 10.8 Å². The van der Waals surface area contributed by atoms with E-state index < -0.39 is 23.3 Å². The van der Waals surface area contributed by atoms with E-state index >= 15 is 0 Å². The molecule has 14 heteroatoms. The standard InChI is InChI=1S/C28H36N6O6S2/c29-21(41-27(31)33-23(35)13-17-5-3-7-19(11-17)15-25(37)38)9-1-2-10-22(30)42-28(32)34-24(36)14-18-6-4-8-20(12-18)16-26(39)40/h3-8,11-12,21,27,30H,1-2,9-10,13-16,29,31H2,(H,33,35)(H,37,38)(H,39,40)(H2,32,34,36). The van der Waals surface area contributed by atoms with Crippen molar-refractivity contribution in [2.24, 2.45) is 11.5 Å². The topological polar surface area (TPSA) is 233 Å². The van der Waals surface area contributed by atoms with Gasteiger partial charge in [0.2, 0.25) is 11.8 Å². The van der Waals surface area contributed by atoms with Crippen molar-refractivity contribution >= 4 is 57.5 Å². The minimum absolute atomic E-state index is 0.0120. The van der Waals surface area contributed by atoms with Crippen molar-refractivity contribution < 1.29 is 29.4 Å². The van der Waals surface area contributed by atoms with Gasteiger partial charge in [0, 0.05) is 0 Å². The van der Waals surface area contributed by atoms with Gasteiger partial charge in [0.25, 0.3) is 0 Å². The van der Waals surface area contributed by atoms with Gasteiger partial charge in [-0.1, -0.05) is 55.0 Å². The van der Waals surface area contributed by atoms with Crippen molar-refractivity contribution in [2.45, 2.75) is 62.2 Å². The maximum Gasteiger partial charge on any atom is 0.307 e. The van der Waals surface area contributed by atoms with Crippen LogP contribution in [0.25, 0.3) is 0 Å². The molecule has 0 aromatic heterocycles. The molecule has 0 aliphatic heterocycles. The van der Waals surface area contributed by atoms with Crippen LogP contribution in [0, 0.1) is 10.8 Å². The van der Waals surface area contributed by atoms with Gasteiger partial charge in [-0.15, -0.1) is 11.8 Å². The predicted molar refractivity (Wildman–Crippen MR) is 164 cm³/mol. The lowest BCUT2D eigenvalue weighted by atomic mass is 10.1. The zero-order valence-corrected chi connectivity index (χ0v) is 24.6. The summed E-state index contributed by atoms with van der Waals surface area (Å²) in [5.74, 6) is -2.64. The van der Waals surface area contributed by atoms with E-state index in [2.05, 4.69) is 10.6 Å². The predicted octanol–water partition coefficient (Wildman–Crippen LogP) is 2.42. The summed E-state index contributed by atoms with van der Waals surface area (Å²) in [4.78, 5) is 46.3. The molecule has 0 saturated heterocycles. The molecule has 2 rings (SSSR count). The lowest BCUT2D eigenvalue weighted by Gasteiger charge is -2.18. The summed E-state index contributed by atoms with van der Waals surface area (Å²) in [5.41, 5.74) is 13.9. The van der Waals surface area contributed by atoms with E-state index in [0.717, 1.165) is 11.8 Å². The van der Waals surface area contributed by atoms with Gasteiger partial charge in [0.15, 0.2) is 5.17 Å². The van der Waals surface area contributed by atoms with Gasteiger partial charge >= 0.3 is 11.9 Å². The fourth-order valence-electron chi connectivity index (χ4n) is 3.92. The van der Waals surface area contributed by atoms with Gasteiger partial charge in [0.05, 0.1) is 36.1 Å². The summed E-state index contributed by atoms with van der Waals surface area (Å²) in [6.45, 7) is 0. The summed E-state index contributed by atoms with van der Waals surface area (Å²) in [7, 11) is 0. The van der Waals surface area contributed by atoms with Crippen LogP contribution in [0.4, 0.5) is 0 Å². The number of benzene rings is 2. The van der Waals surface area contributed by atoms with Crippen LogP contribution in [-0.4, -0.2) is 55.0 Å². The maximum absolute atomic E-state index is 12.3. The van der Waals surface area contributed by atoms with Gasteiger partial charge in [-0.25, -0.2) is 0 Å². The monoisotopic (exact) mass is 616 g/mol. The third kappa shape index (κ3) is 14.8. The van der Waals surface area contributed by atoms with Crippen LogP contribution in [0.2, 0.25) is 0 Å². The first-order valence-corrected chi connectivity index (χ1v) is 14.8. The van der Waals surface area contributed by atoms with Gasteiger partial charge in [0.1, 0.15) is 5.50 Å². The molecule has 0 spiro atoms. The second-order valence-corrected chi connectivity index (χ2v) is 11.9. The van der Waals surface area contributed by atoms with Crippen LogP contribution >= 0.6 is 23.5 Å². The molecule has 2 atom stereocenters. The summed E-state index contributed by atoms with van der Waals surface area (Å²) < 4.78 is 0. The van der Waals surface area contributed by atoms with Gasteiger partial charge in [-0.05, 0) is 53.3 Å². The third-order valence-electron chi connectivity index (χ3n) is 5.67. The summed E-state index contributed by atoms with van der Waals surface area (Å²) in [6, 6.07) is 13.5. The Kier molecular flexibility index (Phi) is 14.7. The number of unbranched alkanes of at least 4 members (excludes halogenated alkanes) is 1. The molecular weight excluding hydrogens is 580 g/mol. The zero-order valence-electron chi connectivity index (χ0n) is 22.9. The Bertz CT molecular complexity index is 1290. The number of aliphatic carboxylic acids is 2. The van der Waals surface area contributed by atoms with E-state index in [0.29, 0.717) is 47.9 Å². The van der Waals surface area contributed by atoms with Crippen LogP contribution in [0.5, 0.6) is 0 Å². The summed E-state index contributed by atoms with van der Waals surface area (Å²) in [5, 5.41) is 38.7. The molecule has 12 nitrogen and oxygen atoms in total. The number of nitrogens with two attached hydrogens (primary N) is 2.